The lowest BCUT2D eigenvalue weighted by Crippen LogP contribution is -2.35. The van der Waals surface area contributed by atoms with E-state index in [-0.39, 0.29) is 5.75 Å². The van der Waals surface area contributed by atoms with Gasteiger partial charge >= 0.3 is 0 Å². The fourth-order valence-electron chi connectivity index (χ4n) is 3.29. The van der Waals surface area contributed by atoms with Gasteiger partial charge in [0.1, 0.15) is 0 Å². The third-order valence-electron chi connectivity index (χ3n) is 4.79. The average Bonchev–Trinajstić information content (AvgIpc) is 2.84. The van der Waals surface area contributed by atoms with E-state index >= 15 is 0 Å². The lowest BCUT2D eigenvalue weighted by molar-refractivity contribution is 0.278. The SMILES string of the molecule is Cc1ccccc1CN1CCCN(S(=O)(=O)Cc2ccccc2)CC1. The van der Waals surface area contributed by atoms with Crippen LogP contribution in [0.2, 0.25) is 0 Å². The van der Waals surface area contributed by atoms with Gasteiger partial charge in [0.25, 0.3) is 0 Å². The summed E-state index contributed by atoms with van der Waals surface area (Å²) < 4.78 is 27.1. The molecule has 1 heterocycles. The van der Waals surface area contributed by atoms with Crippen LogP contribution >= 0.6 is 0 Å². The summed E-state index contributed by atoms with van der Waals surface area (Å²) in [5.74, 6) is 0.0889. The average molecular weight is 359 g/mol. The van der Waals surface area contributed by atoms with Crippen LogP contribution in [0.1, 0.15) is 23.1 Å². The van der Waals surface area contributed by atoms with Crippen molar-refractivity contribution in [3.05, 3.63) is 71.3 Å². The Kier molecular flexibility index (Phi) is 5.89. The van der Waals surface area contributed by atoms with E-state index in [1.54, 1.807) is 4.31 Å². The molecule has 0 radical (unpaired) electrons. The van der Waals surface area contributed by atoms with Gasteiger partial charge in [0, 0.05) is 26.2 Å². The molecule has 1 fully saturated rings. The Morgan fingerprint density at radius 3 is 2.36 bits per heavy atom. The van der Waals surface area contributed by atoms with Crippen LogP contribution in [0.5, 0.6) is 0 Å². The maximum atomic E-state index is 12.7. The second-order valence-electron chi connectivity index (χ2n) is 6.70. The predicted octanol–water partition coefficient (Wildman–Crippen LogP) is 3.03. The Labute approximate surface area is 151 Å². The summed E-state index contributed by atoms with van der Waals surface area (Å²) in [5, 5.41) is 0. The van der Waals surface area contributed by atoms with Crippen molar-refractivity contribution in [2.24, 2.45) is 0 Å². The second-order valence-corrected chi connectivity index (χ2v) is 8.67. The summed E-state index contributed by atoms with van der Waals surface area (Å²) in [5.41, 5.74) is 3.46. The van der Waals surface area contributed by atoms with Crippen molar-refractivity contribution in [1.82, 2.24) is 9.21 Å². The van der Waals surface area contributed by atoms with E-state index in [9.17, 15) is 8.42 Å². The zero-order valence-electron chi connectivity index (χ0n) is 14.8. The second kappa shape index (κ2) is 8.13. The Morgan fingerprint density at radius 1 is 0.880 bits per heavy atom. The van der Waals surface area contributed by atoms with E-state index in [1.807, 2.05) is 30.3 Å². The minimum atomic E-state index is -3.26. The third-order valence-corrected chi connectivity index (χ3v) is 6.64. The molecule has 0 saturated carbocycles. The van der Waals surface area contributed by atoms with Gasteiger partial charge in [-0.1, -0.05) is 54.6 Å². The number of sulfonamides is 1. The van der Waals surface area contributed by atoms with Crippen LogP contribution in [0.3, 0.4) is 0 Å². The Balaban J connectivity index is 1.62. The smallest absolute Gasteiger partial charge is 0.218 e. The molecule has 0 atom stereocenters. The van der Waals surface area contributed by atoms with E-state index < -0.39 is 10.0 Å². The molecular weight excluding hydrogens is 332 g/mol. The van der Waals surface area contributed by atoms with Crippen LogP contribution in [-0.4, -0.2) is 43.8 Å². The lowest BCUT2D eigenvalue weighted by atomic mass is 10.1. The zero-order valence-corrected chi connectivity index (χ0v) is 15.6. The lowest BCUT2D eigenvalue weighted by Gasteiger charge is -2.22. The van der Waals surface area contributed by atoms with E-state index in [4.69, 9.17) is 0 Å². The first-order chi connectivity index (χ1) is 12.0. The summed E-state index contributed by atoms with van der Waals surface area (Å²) in [6, 6.07) is 17.8. The fourth-order valence-corrected chi connectivity index (χ4v) is 4.85. The standard InChI is InChI=1S/C20H26N2O2S/c1-18-8-5-6-11-20(18)16-21-12-7-13-22(15-14-21)25(23,24)17-19-9-3-2-4-10-19/h2-6,8-11H,7,12-17H2,1H3. The van der Waals surface area contributed by atoms with Crippen LogP contribution in [0.25, 0.3) is 0 Å². The quantitative estimate of drug-likeness (QED) is 0.825. The molecule has 1 aliphatic heterocycles. The van der Waals surface area contributed by atoms with Crippen molar-refractivity contribution in [1.29, 1.82) is 0 Å². The number of aryl methyl sites for hydroxylation is 1. The molecule has 0 aliphatic carbocycles. The molecule has 5 heteroatoms. The first-order valence-corrected chi connectivity index (χ1v) is 10.4. The molecule has 25 heavy (non-hydrogen) atoms. The van der Waals surface area contributed by atoms with Gasteiger partial charge in [0.15, 0.2) is 0 Å². The van der Waals surface area contributed by atoms with Gasteiger partial charge < -0.3 is 0 Å². The number of rotatable bonds is 5. The highest BCUT2D eigenvalue weighted by Gasteiger charge is 2.25. The first-order valence-electron chi connectivity index (χ1n) is 8.83. The topological polar surface area (TPSA) is 40.6 Å². The Morgan fingerprint density at radius 2 is 1.60 bits per heavy atom. The van der Waals surface area contributed by atoms with Crippen molar-refractivity contribution >= 4 is 10.0 Å². The molecule has 0 aromatic heterocycles. The van der Waals surface area contributed by atoms with E-state index in [0.717, 1.165) is 31.6 Å². The summed E-state index contributed by atoms with van der Waals surface area (Å²) in [6.07, 6.45) is 0.875. The molecule has 134 valence electrons. The zero-order chi connectivity index (χ0) is 17.7. The van der Waals surface area contributed by atoms with E-state index in [2.05, 4.69) is 36.1 Å². The number of hydrogen-bond donors (Lipinski definition) is 0. The molecule has 0 unspecified atom stereocenters. The fraction of sp³-hybridized carbons (Fsp3) is 0.400. The van der Waals surface area contributed by atoms with Crippen molar-refractivity contribution in [2.45, 2.75) is 25.6 Å². The Hall–Kier alpha value is -1.69. The minimum Gasteiger partial charge on any atom is -0.298 e. The van der Waals surface area contributed by atoms with Gasteiger partial charge in [-0.15, -0.1) is 0 Å². The summed E-state index contributed by atoms with van der Waals surface area (Å²) >= 11 is 0. The highest BCUT2D eigenvalue weighted by Crippen LogP contribution is 2.16. The molecule has 2 aromatic rings. The van der Waals surface area contributed by atoms with Crippen molar-refractivity contribution < 1.29 is 8.42 Å². The van der Waals surface area contributed by atoms with Gasteiger partial charge in [-0.25, -0.2) is 12.7 Å². The Bertz CT molecular complexity index is 790. The van der Waals surface area contributed by atoms with Gasteiger partial charge in [-0.3, -0.25) is 4.90 Å². The predicted molar refractivity (Wildman–Crippen MR) is 102 cm³/mol. The van der Waals surface area contributed by atoms with Gasteiger partial charge in [-0.05, 0) is 36.6 Å². The molecular formula is C20H26N2O2S. The molecule has 0 amide bonds. The van der Waals surface area contributed by atoms with Crippen LogP contribution in [0.15, 0.2) is 54.6 Å². The summed E-state index contributed by atoms with van der Waals surface area (Å²) in [4.78, 5) is 2.36. The third kappa shape index (κ3) is 4.91. The van der Waals surface area contributed by atoms with Crippen LogP contribution in [0.4, 0.5) is 0 Å². The highest BCUT2D eigenvalue weighted by molar-refractivity contribution is 7.88. The van der Waals surface area contributed by atoms with E-state index in [0.29, 0.717) is 13.1 Å². The summed E-state index contributed by atoms with van der Waals surface area (Å²) in [7, 11) is -3.26. The van der Waals surface area contributed by atoms with Crippen molar-refractivity contribution in [2.75, 3.05) is 26.2 Å². The molecule has 1 saturated heterocycles. The van der Waals surface area contributed by atoms with Crippen LogP contribution in [-0.2, 0) is 22.3 Å². The molecule has 2 aromatic carbocycles. The summed E-state index contributed by atoms with van der Waals surface area (Å²) in [6.45, 7) is 5.91. The molecule has 0 N–H and O–H groups in total. The van der Waals surface area contributed by atoms with Gasteiger partial charge in [0.05, 0.1) is 5.75 Å². The number of hydrogen-bond acceptors (Lipinski definition) is 3. The highest BCUT2D eigenvalue weighted by atomic mass is 32.2. The van der Waals surface area contributed by atoms with Crippen molar-refractivity contribution in [3.8, 4) is 0 Å². The first kappa shape index (κ1) is 18.1. The molecule has 0 spiro atoms. The largest absolute Gasteiger partial charge is 0.298 e. The van der Waals surface area contributed by atoms with Crippen LogP contribution < -0.4 is 0 Å². The monoisotopic (exact) mass is 358 g/mol. The van der Waals surface area contributed by atoms with Gasteiger partial charge in [-0.2, -0.15) is 0 Å². The molecule has 1 aliphatic rings. The minimum absolute atomic E-state index is 0.0889. The molecule has 3 rings (SSSR count). The molecule has 0 bridgehead atoms. The van der Waals surface area contributed by atoms with Gasteiger partial charge in [0.2, 0.25) is 10.0 Å². The molecule has 4 nitrogen and oxygen atoms in total. The van der Waals surface area contributed by atoms with Crippen LogP contribution in [0, 0.1) is 6.92 Å². The van der Waals surface area contributed by atoms with E-state index in [1.165, 1.54) is 11.1 Å². The number of nitrogens with zero attached hydrogens (tertiary/aromatic N) is 2. The number of benzene rings is 2. The normalized spacial score (nSPS) is 17.3. The maximum absolute atomic E-state index is 12.7. The maximum Gasteiger partial charge on any atom is 0.218 e. The van der Waals surface area contributed by atoms with Crippen molar-refractivity contribution in [3.63, 3.8) is 0 Å².